The van der Waals surface area contributed by atoms with Crippen LogP contribution in [0.5, 0.6) is 0 Å². The normalized spacial score (nSPS) is 17.8. The van der Waals surface area contributed by atoms with Gasteiger partial charge in [-0.3, -0.25) is 9.59 Å². The van der Waals surface area contributed by atoms with Crippen molar-refractivity contribution < 1.29 is 14.4 Å². The molecule has 0 radical (unpaired) electrons. The van der Waals surface area contributed by atoms with Gasteiger partial charge in [0.2, 0.25) is 5.91 Å². The minimum atomic E-state index is -0.733. The number of benzene rings is 1. The highest BCUT2D eigenvalue weighted by atomic mass is 16.2. The molecule has 0 aliphatic carbocycles. The molecule has 6 nitrogen and oxygen atoms in total. The van der Waals surface area contributed by atoms with Gasteiger partial charge in [0.05, 0.1) is 12.1 Å². The molecule has 2 rings (SSSR count). The smallest absolute Gasteiger partial charge is 0.332 e. The zero-order valence-corrected chi connectivity index (χ0v) is 14.5. The predicted molar refractivity (Wildman–Crippen MR) is 92.6 cm³/mol. The molecule has 24 heavy (non-hydrogen) atoms. The first kappa shape index (κ1) is 18.0. The van der Waals surface area contributed by atoms with Crippen molar-refractivity contribution in [1.82, 2.24) is 10.2 Å². The fourth-order valence-corrected chi connectivity index (χ4v) is 2.74. The number of anilines is 1. The molecule has 1 aliphatic heterocycles. The first-order chi connectivity index (χ1) is 11.5. The molecule has 6 heteroatoms. The number of imide groups is 1. The molecule has 130 valence electrons. The van der Waals surface area contributed by atoms with Crippen molar-refractivity contribution >= 4 is 23.5 Å². The van der Waals surface area contributed by atoms with E-state index < -0.39 is 6.04 Å². The molecule has 0 aromatic heterocycles. The van der Waals surface area contributed by atoms with Gasteiger partial charge in [-0.2, -0.15) is 0 Å². The number of amides is 4. The lowest BCUT2D eigenvalue weighted by molar-refractivity contribution is -0.127. The van der Waals surface area contributed by atoms with Gasteiger partial charge >= 0.3 is 6.03 Å². The lowest BCUT2D eigenvalue weighted by atomic mass is 10.1. The van der Waals surface area contributed by atoms with Crippen molar-refractivity contribution in [3.63, 3.8) is 0 Å². The van der Waals surface area contributed by atoms with Crippen molar-refractivity contribution in [3.05, 3.63) is 30.3 Å². The number of hydrogen-bond donors (Lipinski definition) is 1. The number of urea groups is 1. The lowest BCUT2D eigenvalue weighted by Crippen LogP contribution is -2.40. The Bertz CT molecular complexity index is 601. The average molecular weight is 331 g/mol. The van der Waals surface area contributed by atoms with E-state index >= 15 is 0 Å². The molecular weight excluding hydrogens is 306 g/mol. The van der Waals surface area contributed by atoms with E-state index in [2.05, 4.69) is 19.2 Å². The molecule has 1 fully saturated rings. The van der Waals surface area contributed by atoms with Crippen LogP contribution in [0.3, 0.4) is 0 Å². The van der Waals surface area contributed by atoms with Crippen LogP contribution in [0.2, 0.25) is 0 Å². The van der Waals surface area contributed by atoms with E-state index in [-0.39, 0.29) is 24.3 Å². The van der Waals surface area contributed by atoms with Crippen molar-refractivity contribution in [3.8, 4) is 0 Å². The molecule has 0 unspecified atom stereocenters. The van der Waals surface area contributed by atoms with E-state index in [0.717, 1.165) is 6.42 Å². The van der Waals surface area contributed by atoms with E-state index in [1.165, 1.54) is 9.80 Å². The highest BCUT2D eigenvalue weighted by Crippen LogP contribution is 2.27. The minimum Gasteiger partial charge on any atom is -0.356 e. The molecule has 1 aromatic carbocycles. The molecule has 1 heterocycles. The van der Waals surface area contributed by atoms with E-state index in [4.69, 9.17) is 0 Å². The second kappa shape index (κ2) is 7.95. The zero-order valence-electron chi connectivity index (χ0n) is 14.5. The fraction of sp³-hybridized carbons (Fsp3) is 0.500. The molecular formula is C18H25N3O3. The molecule has 0 saturated carbocycles. The molecule has 1 atom stereocenters. The topological polar surface area (TPSA) is 69.7 Å². The summed E-state index contributed by atoms with van der Waals surface area (Å²) in [5.41, 5.74) is 0.542. The van der Waals surface area contributed by atoms with Crippen molar-refractivity contribution in [2.75, 3.05) is 18.0 Å². The van der Waals surface area contributed by atoms with Gasteiger partial charge in [0.25, 0.3) is 5.91 Å². The Kier molecular flexibility index (Phi) is 5.95. The number of nitrogens with zero attached hydrogens (tertiary/aromatic N) is 2. The zero-order chi connectivity index (χ0) is 17.7. The van der Waals surface area contributed by atoms with Gasteiger partial charge in [-0.1, -0.05) is 32.0 Å². The molecule has 4 amide bonds. The van der Waals surface area contributed by atoms with Crippen molar-refractivity contribution in [1.29, 1.82) is 0 Å². The Morgan fingerprint density at radius 1 is 1.21 bits per heavy atom. The van der Waals surface area contributed by atoms with Crippen LogP contribution in [0.15, 0.2) is 30.3 Å². The van der Waals surface area contributed by atoms with Crippen LogP contribution in [0.25, 0.3) is 0 Å². The summed E-state index contributed by atoms with van der Waals surface area (Å²) in [6.07, 6.45) is 0.785. The van der Waals surface area contributed by atoms with Gasteiger partial charge in [0.1, 0.15) is 6.04 Å². The van der Waals surface area contributed by atoms with Crippen LogP contribution in [0.1, 0.15) is 33.6 Å². The van der Waals surface area contributed by atoms with Crippen LogP contribution in [-0.4, -0.2) is 41.9 Å². The number of para-hydroxylation sites is 1. The summed E-state index contributed by atoms with van der Waals surface area (Å²) in [5.74, 6) is -0.141. The third kappa shape index (κ3) is 3.93. The largest absolute Gasteiger partial charge is 0.356 e. The molecule has 1 aromatic rings. The van der Waals surface area contributed by atoms with Crippen molar-refractivity contribution in [2.24, 2.45) is 5.92 Å². The lowest BCUT2D eigenvalue weighted by Gasteiger charge is -2.22. The number of rotatable bonds is 7. The van der Waals surface area contributed by atoms with Gasteiger partial charge in [-0.05, 0) is 31.4 Å². The van der Waals surface area contributed by atoms with Crippen molar-refractivity contribution in [2.45, 2.75) is 39.7 Å². The molecule has 0 spiro atoms. The average Bonchev–Trinajstić information content (AvgIpc) is 2.77. The van der Waals surface area contributed by atoms with Crippen LogP contribution >= 0.6 is 0 Å². The Labute approximate surface area is 142 Å². The summed E-state index contributed by atoms with van der Waals surface area (Å²) in [6, 6.07) is 7.77. The highest BCUT2D eigenvalue weighted by molar-refractivity contribution is 6.22. The maximum Gasteiger partial charge on any atom is 0.332 e. The maximum atomic E-state index is 12.8. The molecule has 1 N–H and O–H groups in total. The number of carbonyl (C=O) groups is 3. The summed E-state index contributed by atoms with van der Waals surface area (Å²) in [7, 11) is 0. The summed E-state index contributed by atoms with van der Waals surface area (Å²) in [6.45, 7) is 6.93. The second-order valence-electron chi connectivity index (χ2n) is 6.34. The van der Waals surface area contributed by atoms with E-state index in [9.17, 15) is 14.4 Å². The third-order valence-electron chi connectivity index (χ3n) is 4.03. The fourth-order valence-electron chi connectivity index (χ4n) is 2.74. The maximum absolute atomic E-state index is 12.8. The molecule has 1 saturated heterocycles. The van der Waals surface area contributed by atoms with Crippen LogP contribution in [-0.2, 0) is 9.59 Å². The Morgan fingerprint density at radius 2 is 1.88 bits per heavy atom. The minimum absolute atomic E-state index is 0.000157. The van der Waals surface area contributed by atoms with Gasteiger partial charge in [0, 0.05) is 13.1 Å². The Hall–Kier alpha value is -2.37. The van der Waals surface area contributed by atoms with Crippen LogP contribution < -0.4 is 10.2 Å². The third-order valence-corrected chi connectivity index (χ3v) is 4.03. The highest BCUT2D eigenvalue weighted by Gasteiger charge is 2.46. The summed E-state index contributed by atoms with van der Waals surface area (Å²) in [5, 5.41) is 2.70. The standard InChI is InChI=1S/C18H25N3O3/c1-4-19-16(22)12-15-17(23)21(14-8-6-5-7-9-14)18(24)20(15)11-10-13(2)3/h5-9,13,15H,4,10-12H2,1-3H3,(H,19,22)/t15-/m1/s1. The van der Waals surface area contributed by atoms with E-state index in [0.29, 0.717) is 24.7 Å². The number of hydrogen-bond acceptors (Lipinski definition) is 3. The number of nitrogens with one attached hydrogen (secondary N) is 1. The van der Waals surface area contributed by atoms with Gasteiger partial charge in [-0.15, -0.1) is 0 Å². The second-order valence-corrected chi connectivity index (χ2v) is 6.34. The van der Waals surface area contributed by atoms with Gasteiger partial charge in [-0.25, -0.2) is 9.69 Å². The van der Waals surface area contributed by atoms with Crippen LogP contribution in [0.4, 0.5) is 10.5 Å². The van der Waals surface area contributed by atoms with E-state index in [1.54, 1.807) is 24.3 Å². The van der Waals surface area contributed by atoms with Gasteiger partial charge in [0.15, 0.2) is 0 Å². The summed E-state index contributed by atoms with van der Waals surface area (Å²) in [4.78, 5) is 40.2. The first-order valence-electron chi connectivity index (χ1n) is 8.42. The van der Waals surface area contributed by atoms with E-state index in [1.807, 2.05) is 13.0 Å². The quantitative estimate of drug-likeness (QED) is 0.780. The Morgan fingerprint density at radius 3 is 2.46 bits per heavy atom. The van der Waals surface area contributed by atoms with Crippen LogP contribution in [0, 0.1) is 5.92 Å². The summed E-state index contributed by atoms with van der Waals surface area (Å²) < 4.78 is 0. The summed E-state index contributed by atoms with van der Waals surface area (Å²) >= 11 is 0. The van der Waals surface area contributed by atoms with Gasteiger partial charge < -0.3 is 10.2 Å². The molecule has 0 bridgehead atoms. The Balaban J connectivity index is 2.25. The monoisotopic (exact) mass is 331 g/mol. The molecule has 1 aliphatic rings. The number of carbonyl (C=O) groups excluding carboxylic acids is 3. The SMILES string of the molecule is CCNC(=O)C[C@@H]1C(=O)N(c2ccccc2)C(=O)N1CCC(C)C. The predicted octanol–water partition coefficient (Wildman–Crippen LogP) is 2.40. The first-order valence-corrected chi connectivity index (χ1v) is 8.42.